The van der Waals surface area contributed by atoms with Gasteiger partial charge in [0.25, 0.3) is 0 Å². The number of anilines is 1. The number of ether oxygens (including phenoxy) is 2. The fourth-order valence-electron chi connectivity index (χ4n) is 4.46. The first kappa shape index (κ1) is 21.5. The van der Waals surface area contributed by atoms with Gasteiger partial charge >= 0.3 is 6.03 Å². The highest BCUT2D eigenvalue weighted by molar-refractivity contribution is 6.07. The quantitative estimate of drug-likeness (QED) is 0.655. The molecule has 174 valence electrons. The number of urea groups is 1. The van der Waals surface area contributed by atoms with Gasteiger partial charge in [0.15, 0.2) is 0 Å². The molecule has 2 aliphatic rings. The summed E-state index contributed by atoms with van der Waals surface area (Å²) in [4.78, 5) is 31.2. The van der Waals surface area contributed by atoms with Crippen molar-refractivity contribution >= 4 is 39.6 Å². The van der Waals surface area contributed by atoms with E-state index in [1.165, 1.54) is 0 Å². The third kappa shape index (κ3) is 4.46. The third-order valence-electron chi connectivity index (χ3n) is 6.26. The van der Waals surface area contributed by atoms with Gasteiger partial charge in [0, 0.05) is 56.1 Å². The van der Waals surface area contributed by atoms with Crippen LogP contribution in [0.15, 0.2) is 40.8 Å². The van der Waals surface area contributed by atoms with E-state index in [1.807, 2.05) is 46.2 Å². The van der Waals surface area contributed by atoms with Crippen LogP contribution < -0.4 is 10.1 Å². The lowest BCUT2D eigenvalue weighted by molar-refractivity contribution is -0.117. The Labute approximate surface area is 191 Å². The first-order valence-corrected chi connectivity index (χ1v) is 11.3. The van der Waals surface area contributed by atoms with Gasteiger partial charge in [-0.3, -0.25) is 9.69 Å². The number of methoxy groups -OCH3 is 1. The zero-order valence-corrected chi connectivity index (χ0v) is 18.7. The number of nitrogens with one attached hydrogen (secondary N) is 1. The summed E-state index contributed by atoms with van der Waals surface area (Å²) in [6, 6.07) is 11.6. The summed E-state index contributed by atoms with van der Waals surface area (Å²) < 4.78 is 16.8. The van der Waals surface area contributed by atoms with E-state index in [2.05, 4.69) is 10.2 Å². The average molecular weight is 453 g/mol. The zero-order valence-electron chi connectivity index (χ0n) is 18.7. The highest BCUT2D eigenvalue weighted by Crippen LogP contribution is 2.36. The number of fused-ring (bicyclic) bond motifs is 3. The lowest BCUT2D eigenvalue weighted by Gasteiger charge is -2.38. The van der Waals surface area contributed by atoms with Gasteiger partial charge in [0.1, 0.15) is 16.9 Å². The van der Waals surface area contributed by atoms with Gasteiger partial charge in [-0.1, -0.05) is 18.2 Å². The highest BCUT2D eigenvalue weighted by atomic mass is 16.5. The molecule has 1 N–H and O–H groups in total. The summed E-state index contributed by atoms with van der Waals surface area (Å²) in [5.74, 6) is 0.458. The van der Waals surface area contributed by atoms with Gasteiger partial charge in [0.05, 0.1) is 32.6 Å². The van der Waals surface area contributed by atoms with Crippen LogP contribution in [0.3, 0.4) is 0 Å². The minimum absolute atomic E-state index is 0.0614. The van der Waals surface area contributed by atoms with Gasteiger partial charge < -0.3 is 29.0 Å². The Bertz CT molecular complexity index is 1160. The number of para-hydroxylation sites is 1. The van der Waals surface area contributed by atoms with E-state index in [-0.39, 0.29) is 18.5 Å². The number of piperazine rings is 1. The molecule has 3 aromatic rings. The summed E-state index contributed by atoms with van der Waals surface area (Å²) in [7, 11) is 1.59. The largest absolute Gasteiger partial charge is 0.495 e. The molecule has 2 fully saturated rings. The zero-order chi connectivity index (χ0) is 22.8. The van der Waals surface area contributed by atoms with Gasteiger partial charge in [-0.2, -0.15) is 0 Å². The fraction of sp³-hybridized carbons (Fsp3) is 0.417. The Hall–Kier alpha value is -3.30. The molecule has 0 aliphatic carbocycles. The van der Waals surface area contributed by atoms with Crippen LogP contribution in [0.2, 0.25) is 0 Å². The van der Waals surface area contributed by atoms with E-state index in [0.29, 0.717) is 69.5 Å². The van der Waals surface area contributed by atoms with Crippen LogP contribution in [0.5, 0.6) is 5.75 Å². The molecular formula is C24H28N4O5. The minimum atomic E-state index is -0.128. The molecular weight excluding hydrogens is 424 g/mol. The first-order valence-electron chi connectivity index (χ1n) is 11.3. The Balaban J connectivity index is 1.20. The molecule has 3 amide bonds. The van der Waals surface area contributed by atoms with Crippen LogP contribution in [0.1, 0.15) is 0 Å². The molecule has 0 radical (unpaired) electrons. The number of rotatable bonds is 4. The Kier molecular flexibility index (Phi) is 6.06. The van der Waals surface area contributed by atoms with Crippen LogP contribution in [0.4, 0.5) is 10.5 Å². The number of benzene rings is 2. The van der Waals surface area contributed by atoms with Crippen molar-refractivity contribution in [2.24, 2.45) is 0 Å². The number of hydrogen-bond donors (Lipinski definition) is 1. The van der Waals surface area contributed by atoms with Crippen molar-refractivity contribution in [1.82, 2.24) is 14.7 Å². The van der Waals surface area contributed by atoms with Crippen molar-refractivity contribution in [3.63, 3.8) is 0 Å². The van der Waals surface area contributed by atoms with Crippen LogP contribution >= 0.6 is 0 Å². The van der Waals surface area contributed by atoms with Gasteiger partial charge in [-0.15, -0.1) is 0 Å². The molecule has 9 heteroatoms. The molecule has 3 heterocycles. The lowest BCUT2D eigenvalue weighted by Crippen LogP contribution is -2.55. The Morgan fingerprint density at radius 2 is 1.67 bits per heavy atom. The van der Waals surface area contributed by atoms with E-state index in [9.17, 15) is 9.59 Å². The third-order valence-corrected chi connectivity index (χ3v) is 6.26. The number of furan rings is 1. The normalized spacial score (nSPS) is 17.5. The van der Waals surface area contributed by atoms with Crippen molar-refractivity contribution in [2.75, 3.05) is 71.5 Å². The summed E-state index contributed by atoms with van der Waals surface area (Å²) in [5, 5.41) is 4.92. The number of carbonyl (C=O) groups excluding carboxylic acids is 2. The molecule has 2 saturated heterocycles. The highest BCUT2D eigenvalue weighted by Gasteiger charge is 2.27. The van der Waals surface area contributed by atoms with Crippen molar-refractivity contribution in [3.05, 3.63) is 36.4 Å². The van der Waals surface area contributed by atoms with Crippen molar-refractivity contribution in [2.45, 2.75) is 0 Å². The minimum Gasteiger partial charge on any atom is -0.495 e. The summed E-state index contributed by atoms with van der Waals surface area (Å²) in [6.07, 6.45) is 0. The van der Waals surface area contributed by atoms with Gasteiger partial charge in [-0.05, 0) is 12.1 Å². The monoisotopic (exact) mass is 452 g/mol. The molecule has 0 unspecified atom stereocenters. The van der Waals surface area contributed by atoms with E-state index in [4.69, 9.17) is 13.9 Å². The van der Waals surface area contributed by atoms with E-state index in [1.54, 1.807) is 7.11 Å². The van der Waals surface area contributed by atoms with Crippen molar-refractivity contribution in [1.29, 1.82) is 0 Å². The second-order valence-electron chi connectivity index (χ2n) is 8.34. The average Bonchev–Trinajstić information content (AvgIpc) is 3.21. The topological polar surface area (TPSA) is 87.5 Å². The van der Waals surface area contributed by atoms with Gasteiger partial charge in [-0.25, -0.2) is 4.79 Å². The van der Waals surface area contributed by atoms with Crippen LogP contribution in [-0.4, -0.2) is 92.8 Å². The molecule has 1 aromatic heterocycles. The molecule has 5 rings (SSSR count). The van der Waals surface area contributed by atoms with Crippen molar-refractivity contribution < 1.29 is 23.5 Å². The summed E-state index contributed by atoms with van der Waals surface area (Å²) in [6.45, 7) is 5.24. The number of carbonyl (C=O) groups is 2. The van der Waals surface area contributed by atoms with Crippen LogP contribution in [0.25, 0.3) is 21.9 Å². The first-order chi connectivity index (χ1) is 16.1. The Morgan fingerprint density at radius 3 is 2.42 bits per heavy atom. The van der Waals surface area contributed by atoms with E-state index in [0.717, 1.165) is 16.4 Å². The molecule has 0 atom stereocenters. The summed E-state index contributed by atoms with van der Waals surface area (Å²) >= 11 is 0. The smallest absolute Gasteiger partial charge is 0.320 e. The molecule has 33 heavy (non-hydrogen) atoms. The predicted molar refractivity (Wildman–Crippen MR) is 125 cm³/mol. The second kappa shape index (κ2) is 9.29. The number of hydrogen-bond acceptors (Lipinski definition) is 6. The fourth-order valence-corrected chi connectivity index (χ4v) is 4.46. The van der Waals surface area contributed by atoms with Crippen LogP contribution in [0, 0.1) is 0 Å². The SMILES string of the molecule is COc1cc2c(cc1NC(=O)CN1CCN(C(=O)N3CCOCC3)CC1)oc1ccccc12. The maximum absolute atomic E-state index is 12.8. The number of nitrogens with zero attached hydrogens (tertiary/aromatic N) is 3. The molecule has 2 aromatic carbocycles. The summed E-state index contributed by atoms with van der Waals surface area (Å²) in [5.41, 5.74) is 2.07. The standard InChI is InChI=1S/C24H28N4O5/c1-31-22-14-18-17-4-2-3-5-20(17)33-21(18)15-19(22)25-23(29)16-26-6-8-27(9-7-26)24(30)28-10-12-32-13-11-28/h2-5,14-15H,6-13,16H2,1H3,(H,25,29). The molecule has 0 spiro atoms. The van der Waals surface area contributed by atoms with E-state index < -0.39 is 0 Å². The predicted octanol–water partition coefficient (Wildman–Crippen LogP) is 2.60. The van der Waals surface area contributed by atoms with Crippen molar-refractivity contribution in [3.8, 4) is 5.75 Å². The Morgan fingerprint density at radius 1 is 0.939 bits per heavy atom. The molecule has 0 saturated carbocycles. The van der Waals surface area contributed by atoms with Crippen LogP contribution in [-0.2, 0) is 9.53 Å². The number of morpholine rings is 1. The molecule has 2 aliphatic heterocycles. The van der Waals surface area contributed by atoms with E-state index >= 15 is 0 Å². The number of amides is 3. The molecule has 0 bridgehead atoms. The maximum Gasteiger partial charge on any atom is 0.320 e. The molecule has 9 nitrogen and oxygen atoms in total. The maximum atomic E-state index is 12.8. The van der Waals surface area contributed by atoms with Gasteiger partial charge in [0.2, 0.25) is 5.91 Å². The second-order valence-corrected chi connectivity index (χ2v) is 8.34. The lowest BCUT2D eigenvalue weighted by atomic mass is 10.1.